The molecule has 74 valence electrons. The van der Waals surface area contributed by atoms with Gasteiger partial charge in [0.2, 0.25) is 0 Å². The lowest BCUT2D eigenvalue weighted by Gasteiger charge is -2.36. The van der Waals surface area contributed by atoms with Crippen molar-refractivity contribution < 1.29 is 0 Å². The average Bonchev–Trinajstić information content (AvgIpc) is 2.96. The fourth-order valence-electron chi connectivity index (χ4n) is 3.74. The summed E-state index contributed by atoms with van der Waals surface area (Å²) < 4.78 is 0. The molecule has 3 aliphatic rings. The topological polar surface area (TPSA) is 12.0 Å². The molecule has 0 aromatic carbocycles. The van der Waals surface area contributed by atoms with E-state index < -0.39 is 0 Å². The Bertz CT molecular complexity index is 195. The van der Waals surface area contributed by atoms with Crippen molar-refractivity contribution in [2.45, 2.75) is 57.4 Å². The summed E-state index contributed by atoms with van der Waals surface area (Å²) in [6.07, 6.45) is 12.1. The van der Waals surface area contributed by atoms with Crippen LogP contribution in [-0.4, -0.2) is 12.6 Å². The molecule has 0 aromatic heterocycles. The Labute approximate surface area is 81.3 Å². The number of piperidine rings is 1. The van der Waals surface area contributed by atoms with Crippen LogP contribution in [0, 0.1) is 11.3 Å². The molecule has 0 amide bonds. The van der Waals surface area contributed by atoms with Crippen molar-refractivity contribution >= 4 is 0 Å². The highest BCUT2D eigenvalue weighted by atomic mass is 15.0. The molecule has 3 fully saturated rings. The normalized spacial score (nSPS) is 42.5. The van der Waals surface area contributed by atoms with E-state index in [4.69, 9.17) is 0 Å². The Balaban J connectivity index is 1.81. The summed E-state index contributed by atoms with van der Waals surface area (Å²) in [6, 6.07) is 0.920. The summed E-state index contributed by atoms with van der Waals surface area (Å²) in [6.45, 7) is 1.29. The molecule has 2 saturated carbocycles. The second-order valence-corrected chi connectivity index (χ2v) is 5.44. The molecular formula is C12H21N. The minimum Gasteiger partial charge on any atom is -0.313 e. The van der Waals surface area contributed by atoms with Gasteiger partial charge in [-0.1, -0.05) is 12.8 Å². The molecule has 1 nitrogen and oxygen atoms in total. The molecule has 1 N–H and O–H groups in total. The van der Waals surface area contributed by atoms with Gasteiger partial charge in [0, 0.05) is 6.04 Å². The Morgan fingerprint density at radius 2 is 1.77 bits per heavy atom. The van der Waals surface area contributed by atoms with Crippen LogP contribution in [-0.2, 0) is 0 Å². The molecule has 0 bridgehead atoms. The van der Waals surface area contributed by atoms with Crippen molar-refractivity contribution in [1.82, 2.24) is 5.32 Å². The Kier molecular flexibility index (Phi) is 1.90. The van der Waals surface area contributed by atoms with Crippen molar-refractivity contribution in [2.24, 2.45) is 11.3 Å². The molecule has 0 aromatic rings. The molecular weight excluding hydrogens is 158 g/mol. The molecule has 1 heteroatoms. The highest BCUT2D eigenvalue weighted by Crippen LogP contribution is 2.57. The van der Waals surface area contributed by atoms with Crippen molar-refractivity contribution in [3.8, 4) is 0 Å². The van der Waals surface area contributed by atoms with E-state index in [-0.39, 0.29) is 0 Å². The molecule has 1 spiro atoms. The number of hydrogen-bond acceptors (Lipinski definition) is 1. The Morgan fingerprint density at radius 3 is 2.62 bits per heavy atom. The minimum atomic E-state index is 0.793. The molecule has 13 heavy (non-hydrogen) atoms. The first-order valence-electron chi connectivity index (χ1n) is 6.14. The molecule has 2 atom stereocenters. The highest BCUT2D eigenvalue weighted by molar-refractivity contribution is 5.06. The van der Waals surface area contributed by atoms with Gasteiger partial charge in [-0.2, -0.15) is 0 Å². The predicted octanol–water partition coefficient (Wildman–Crippen LogP) is 2.71. The lowest BCUT2D eigenvalue weighted by Crippen LogP contribution is -2.46. The van der Waals surface area contributed by atoms with Crippen LogP contribution < -0.4 is 5.32 Å². The van der Waals surface area contributed by atoms with Crippen LogP contribution in [0.3, 0.4) is 0 Å². The van der Waals surface area contributed by atoms with E-state index in [1.54, 1.807) is 0 Å². The SMILES string of the molecule is C1CCC2(CC2)C2NCCCC2C1. The maximum atomic E-state index is 3.81. The summed E-state index contributed by atoms with van der Waals surface area (Å²) in [7, 11) is 0. The molecule has 2 unspecified atom stereocenters. The number of rotatable bonds is 0. The van der Waals surface area contributed by atoms with Gasteiger partial charge in [-0.15, -0.1) is 0 Å². The van der Waals surface area contributed by atoms with Gasteiger partial charge in [-0.25, -0.2) is 0 Å². The summed E-state index contributed by atoms with van der Waals surface area (Å²) >= 11 is 0. The fourth-order valence-corrected chi connectivity index (χ4v) is 3.74. The van der Waals surface area contributed by atoms with Crippen molar-refractivity contribution in [3.63, 3.8) is 0 Å². The maximum absolute atomic E-state index is 3.81. The fraction of sp³-hybridized carbons (Fsp3) is 1.00. The van der Waals surface area contributed by atoms with Gasteiger partial charge in [0.15, 0.2) is 0 Å². The molecule has 1 aliphatic heterocycles. The zero-order chi connectivity index (χ0) is 8.73. The number of fused-ring (bicyclic) bond motifs is 2. The Morgan fingerprint density at radius 1 is 0.923 bits per heavy atom. The highest BCUT2D eigenvalue weighted by Gasteiger charge is 2.52. The first-order chi connectivity index (χ1) is 6.41. The second-order valence-electron chi connectivity index (χ2n) is 5.44. The quantitative estimate of drug-likeness (QED) is 0.603. The first-order valence-corrected chi connectivity index (χ1v) is 6.14. The third-order valence-corrected chi connectivity index (χ3v) is 4.64. The smallest absolute Gasteiger partial charge is 0.0152 e. The van der Waals surface area contributed by atoms with Gasteiger partial charge in [-0.3, -0.25) is 0 Å². The van der Waals surface area contributed by atoms with Gasteiger partial charge in [0.05, 0.1) is 0 Å². The molecule has 0 radical (unpaired) electrons. The summed E-state index contributed by atoms with van der Waals surface area (Å²) in [5.41, 5.74) is 0.793. The van der Waals surface area contributed by atoms with Crippen LogP contribution in [0.2, 0.25) is 0 Å². The monoisotopic (exact) mass is 179 g/mol. The largest absolute Gasteiger partial charge is 0.313 e. The molecule has 3 rings (SSSR count). The van der Waals surface area contributed by atoms with E-state index in [0.29, 0.717) is 0 Å². The van der Waals surface area contributed by atoms with Gasteiger partial charge < -0.3 is 5.32 Å². The molecule has 1 heterocycles. The van der Waals surface area contributed by atoms with Crippen molar-refractivity contribution in [1.29, 1.82) is 0 Å². The van der Waals surface area contributed by atoms with Crippen molar-refractivity contribution in [2.75, 3.05) is 6.54 Å². The Hall–Kier alpha value is -0.0400. The van der Waals surface area contributed by atoms with Crippen LogP contribution in [0.25, 0.3) is 0 Å². The lowest BCUT2D eigenvalue weighted by atomic mass is 9.80. The standard InChI is InChI=1S/C12H21N/c1-2-6-12(7-8-12)11-10(4-1)5-3-9-13-11/h10-11,13H,1-9H2. The van der Waals surface area contributed by atoms with E-state index in [0.717, 1.165) is 17.4 Å². The third kappa shape index (κ3) is 1.32. The number of hydrogen-bond donors (Lipinski definition) is 1. The number of nitrogens with one attached hydrogen (secondary N) is 1. The first kappa shape index (κ1) is 8.28. The van der Waals surface area contributed by atoms with Crippen LogP contribution in [0.15, 0.2) is 0 Å². The van der Waals surface area contributed by atoms with E-state index in [1.165, 1.54) is 57.9 Å². The second kappa shape index (κ2) is 2.98. The van der Waals surface area contributed by atoms with Gasteiger partial charge >= 0.3 is 0 Å². The van der Waals surface area contributed by atoms with E-state index >= 15 is 0 Å². The maximum Gasteiger partial charge on any atom is 0.0152 e. The molecule has 2 aliphatic carbocycles. The van der Waals surface area contributed by atoms with E-state index in [2.05, 4.69) is 5.32 Å². The van der Waals surface area contributed by atoms with Crippen molar-refractivity contribution in [3.05, 3.63) is 0 Å². The van der Waals surface area contributed by atoms with Crippen LogP contribution in [0.5, 0.6) is 0 Å². The van der Waals surface area contributed by atoms with Crippen LogP contribution in [0.1, 0.15) is 51.4 Å². The summed E-state index contributed by atoms with van der Waals surface area (Å²) in [4.78, 5) is 0. The van der Waals surface area contributed by atoms with Gasteiger partial charge in [0.1, 0.15) is 0 Å². The van der Waals surface area contributed by atoms with Crippen LogP contribution in [0.4, 0.5) is 0 Å². The van der Waals surface area contributed by atoms with Gasteiger partial charge in [0.25, 0.3) is 0 Å². The zero-order valence-corrected chi connectivity index (χ0v) is 8.52. The predicted molar refractivity (Wildman–Crippen MR) is 54.6 cm³/mol. The van der Waals surface area contributed by atoms with E-state index in [1.807, 2.05) is 0 Å². The van der Waals surface area contributed by atoms with E-state index in [9.17, 15) is 0 Å². The molecule has 1 saturated heterocycles. The zero-order valence-electron chi connectivity index (χ0n) is 8.52. The van der Waals surface area contributed by atoms with Crippen LogP contribution >= 0.6 is 0 Å². The third-order valence-electron chi connectivity index (χ3n) is 4.64. The minimum absolute atomic E-state index is 0.793. The van der Waals surface area contributed by atoms with Gasteiger partial charge in [-0.05, 0) is 56.4 Å². The summed E-state index contributed by atoms with van der Waals surface area (Å²) in [5.74, 6) is 1.04. The lowest BCUT2D eigenvalue weighted by molar-refractivity contribution is 0.194. The average molecular weight is 179 g/mol. The summed E-state index contributed by atoms with van der Waals surface area (Å²) in [5, 5.41) is 3.81.